The molecule has 4 rings (SSSR count). The third-order valence-corrected chi connectivity index (χ3v) is 5.99. The molecule has 0 bridgehead atoms. The number of fused-ring (bicyclic) bond motifs is 1. The van der Waals surface area contributed by atoms with E-state index in [1.807, 2.05) is 36.1 Å². The number of rotatable bonds is 6. The number of nitrogens with zero attached hydrogens (tertiary/aromatic N) is 2. The van der Waals surface area contributed by atoms with Gasteiger partial charge in [-0.1, -0.05) is 37.1 Å². The molecule has 2 N–H and O–H groups in total. The second-order valence-electron chi connectivity index (χ2n) is 7.51. The standard InChI is InChI=1S/C23H24ClN3O3/c1-4-5-10-27-22(14-6-8-15(30-3)9-7-14)19-20(25-26-21(19)23(27)29)16-12-17(24)13(2)11-18(16)28/h6-9,11-12,22,28H,4-5,10H2,1-3H3,(H,25,26). The number of aromatic amines is 1. The van der Waals surface area contributed by atoms with E-state index in [1.54, 1.807) is 19.2 Å². The number of methoxy groups -OCH3 is 1. The summed E-state index contributed by atoms with van der Waals surface area (Å²) in [5, 5.41) is 18.4. The highest BCUT2D eigenvalue weighted by Crippen LogP contribution is 2.45. The molecule has 0 spiro atoms. The van der Waals surface area contributed by atoms with Gasteiger partial charge in [0, 0.05) is 22.7 Å². The number of hydrogen-bond donors (Lipinski definition) is 2. The zero-order valence-electron chi connectivity index (χ0n) is 17.2. The number of aromatic hydroxyl groups is 1. The number of halogens is 1. The van der Waals surface area contributed by atoms with Crippen LogP contribution in [0.2, 0.25) is 5.02 Å². The first-order chi connectivity index (χ1) is 14.5. The number of H-pyrrole nitrogens is 1. The van der Waals surface area contributed by atoms with Crippen LogP contribution in [0.5, 0.6) is 11.5 Å². The minimum Gasteiger partial charge on any atom is -0.507 e. The number of unbranched alkanes of at least 4 members (excludes halogenated alkanes) is 1. The lowest BCUT2D eigenvalue weighted by Gasteiger charge is -2.26. The van der Waals surface area contributed by atoms with Crippen LogP contribution in [-0.4, -0.2) is 39.8 Å². The summed E-state index contributed by atoms with van der Waals surface area (Å²) in [7, 11) is 1.62. The van der Waals surface area contributed by atoms with Gasteiger partial charge in [0.15, 0.2) is 0 Å². The van der Waals surface area contributed by atoms with E-state index in [0.29, 0.717) is 28.5 Å². The molecule has 2 heterocycles. The van der Waals surface area contributed by atoms with Gasteiger partial charge in [0.2, 0.25) is 0 Å². The summed E-state index contributed by atoms with van der Waals surface area (Å²) in [4.78, 5) is 15.1. The number of aryl methyl sites for hydroxylation is 1. The summed E-state index contributed by atoms with van der Waals surface area (Å²) in [5.41, 5.74) is 4.00. The molecule has 1 aliphatic rings. The van der Waals surface area contributed by atoms with Crippen LogP contribution >= 0.6 is 11.6 Å². The number of nitrogens with one attached hydrogen (secondary N) is 1. The number of carbonyl (C=O) groups excluding carboxylic acids is 1. The fraction of sp³-hybridized carbons (Fsp3) is 0.304. The molecule has 30 heavy (non-hydrogen) atoms. The van der Waals surface area contributed by atoms with Crippen LogP contribution in [0.1, 0.15) is 53.0 Å². The van der Waals surface area contributed by atoms with Crippen molar-refractivity contribution in [2.45, 2.75) is 32.7 Å². The molecule has 0 saturated carbocycles. The second kappa shape index (κ2) is 8.03. The van der Waals surface area contributed by atoms with Gasteiger partial charge in [-0.15, -0.1) is 0 Å². The van der Waals surface area contributed by atoms with Gasteiger partial charge in [0.1, 0.15) is 22.9 Å². The van der Waals surface area contributed by atoms with E-state index in [-0.39, 0.29) is 17.7 Å². The maximum Gasteiger partial charge on any atom is 0.273 e. The lowest BCUT2D eigenvalue weighted by atomic mass is 9.95. The summed E-state index contributed by atoms with van der Waals surface area (Å²) in [5.74, 6) is 0.744. The Bertz CT molecular complexity index is 1090. The molecule has 6 nitrogen and oxygen atoms in total. The minimum absolute atomic E-state index is 0.0825. The maximum atomic E-state index is 13.2. The zero-order chi connectivity index (χ0) is 21.4. The average Bonchev–Trinajstić information content (AvgIpc) is 3.28. The number of phenolic OH excluding ortho intramolecular Hbond substituents is 1. The number of amides is 1. The third kappa shape index (κ3) is 3.31. The lowest BCUT2D eigenvalue weighted by Crippen LogP contribution is -2.30. The van der Waals surface area contributed by atoms with E-state index in [4.69, 9.17) is 16.3 Å². The summed E-state index contributed by atoms with van der Waals surface area (Å²) >= 11 is 6.33. The third-order valence-electron chi connectivity index (χ3n) is 5.58. The molecular weight excluding hydrogens is 402 g/mol. The van der Waals surface area contributed by atoms with E-state index in [2.05, 4.69) is 17.1 Å². The molecular formula is C23H24ClN3O3. The highest BCUT2D eigenvalue weighted by Gasteiger charge is 2.42. The van der Waals surface area contributed by atoms with Crippen LogP contribution in [0.25, 0.3) is 11.3 Å². The topological polar surface area (TPSA) is 78.5 Å². The largest absolute Gasteiger partial charge is 0.507 e. The molecule has 156 valence electrons. The zero-order valence-corrected chi connectivity index (χ0v) is 18.0. The predicted octanol–water partition coefficient (Wildman–Crippen LogP) is 5.10. The van der Waals surface area contributed by atoms with Gasteiger partial charge in [0.25, 0.3) is 5.91 Å². The quantitative estimate of drug-likeness (QED) is 0.576. The van der Waals surface area contributed by atoms with Gasteiger partial charge in [-0.3, -0.25) is 9.89 Å². The molecule has 1 atom stereocenters. The number of aromatic nitrogens is 2. The highest BCUT2D eigenvalue weighted by atomic mass is 35.5. The van der Waals surface area contributed by atoms with Crippen molar-refractivity contribution in [1.29, 1.82) is 0 Å². The van der Waals surface area contributed by atoms with Gasteiger partial charge in [-0.25, -0.2) is 0 Å². The van der Waals surface area contributed by atoms with E-state index in [9.17, 15) is 9.90 Å². The van der Waals surface area contributed by atoms with Gasteiger partial charge < -0.3 is 14.7 Å². The van der Waals surface area contributed by atoms with E-state index in [0.717, 1.165) is 35.3 Å². The van der Waals surface area contributed by atoms with Gasteiger partial charge in [-0.05, 0) is 48.7 Å². The molecule has 0 radical (unpaired) electrons. The van der Waals surface area contributed by atoms with Crippen molar-refractivity contribution in [2.75, 3.05) is 13.7 Å². The normalized spacial score (nSPS) is 15.5. The van der Waals surface area contributed by atoms with E-state index >= 15 is 0 Å². The Balaban J connectivity index is 1.88. The molecule has 0 saturated heterocycles. The lowest BCUT2D eigenvalue weighted by molar-refractivity contribution is 0.0741. The predicted molar refractivity (Wildman–Crippen MR) is 116 cm³/mol. The first-order valence-electron chi connectivity index (χ1n) is 9.98. The first kappa shape index (κ1) is 20.3. The Morgan fingerprint density at radius 3 is 2.67 bits per heavy atom. The Morgan fingerprint density at radius 1 is 1.27 bits per heavy atom. The maximum absolute atomic E-state index is 13.2. The molecule has 7 heteroatoms. The summed E-state index contributed by atoms with van der Waals surface area (Å²) in [6.07, 6.45) is 1.87. The van der Waals surface area contributed by atoms with Crippen molar-refractivity contribution in [3.8, 4) is 22.8 Å². The SMILES string of the molecule is CCCCN1C(=O)c2[nH]nc(-c3cc(Cl)c(C)cc3O)c2C1c1ccc(OC)cc1. The van der Waals surface area contributed by atoms with Crippen LogP contribution in [-0.2, 0) is 0 Å². The molecule has 1 unspecified atom stereocenters. The van der Waals surface area contributed by atoms with Gasteiger partial charge in [0.05, 0.1) is 13.2 Å². The van der Waals surface area contributed by atoms with Crippen molar-refractivity contribution < 1.29 is 14.6 Å². The second-order valence-corrected chi connectivity index (χ2v) is 7.91. The smallest absolute Gasteiger partial charge is 0.273 e. The number of carbonyl (C=O) groups is 1. The molecule has 1 aliphatic heterocycles. The average molecular weight is 426 g/mol. The fourth-order valence-corrected chi connectivity index (χ4v) is 4.11. The Hall–Kier alpha value is -2.99. The van der Waals surface area contributed by atoms with Crippen LogP contribution in [0.3, 0.4) is 0 Å². The number of hydrogen-bond acceptors (Lipinski definition) is 4. The van der Waals surface area contributed by atoms with Gasteiger partial charge in [-0.2, -0.15) is 5.10 Å². The summed E-state index contributed by atoms with van der Waals surface area (Å²) in [6, 6.07) is 10.7. The Morgan fingerprint density at radius 2 is 2.00 bits per heavy atom. The van der Waals surface area contributed by atoms with Crippen molar-refractivity contribution in [1.82, 2.24) is 15.1 Å². The monoisotopic (exact) mass is 425 g/mol. The van der Waals surface area contributed by atoms with Gasteiger partial charge >= 0.3 is 0 Å². The van der Waals surface area contributed by atoms with Crippen molar-refractivity contribution in [2.24, 2.45) is 0 Å². The molecule has 1 amide bonds. The van der Waals surface area contributed by atoms with Crippen molar-refractivity contribution in [3.05, 3.63) is 63.8 Å². The Labute approximate surface area is 180 Å². The first-order valence-corrected chi connectivity index (χ1v) is 10.4. The van der Waals surface area contributed by atoms with E-state index < -0.39 is 0 Å². The molecule has 3 aromatic rings. The number of phenols is 1. The van der Waals surface area contributed by atoms with Crippen molar-refractivity contribution in [3.63, 3.8) is 0 Å². The summed E-state index contributed by atoms with van der Waals surface area (Å²) < 4.78 is 5.29. The number of ether oxygens (including phenoxy) is 1. The molecule has 2 aromatic carbocycles. The van der Waals surface area contributed by atoms with Crippen LogP contribution in [0, 0.1) is 6.92 Å². The van der Waals surface area contributed by atoms with Crippen LogP contribution in [0.4, 0.5) is 0 Å². The Kier molecular flexibility index (Phi) is 5.43. The summed E-state index contributed by atoms with van der Waals surface area (Å²) in [6.45, 7) is 4.56. The highest BCUT2D eigenvalue weighted by molar-refractivity contribution is 6.31. The number of benzene rings is 2. The van der Waals surface area contributed by atoms with Crippen molar-refractivity contribution >= 4 is 17.5 Å². The minimum atomic E-state index is -0.307. The molecule has 0 aliphatic carbocycles. The van der Waals surface area contributed by atoms with Crippen LogP contribution < -0.4 is 4.74 Å². The van der Waals surface area contributed by atoms with E-state index in [1.165, 1.54) is 0 Å². The fourth-order valence-electron chi connectivity index (χ4n) is 3.95. The molecule has 0 fully saturated rings. The van der Waals surface area contributed by atoms with Crippen LogP contribution in [0.15, 0.2) is 36.4 Å². The molecule has 1 aromatic heterocycles.